The molecule has 0 amide bonds. The van der Waals surface area contributed by atoms with Gasteiger partial charge in [-0.25, -0.2) is 0 Å². The summed E-state index contributed by atoms with van der Waals surface area (Å²) in [6, 6.07) is 30.0. The molecule has 0 radical (unpaired) electrons. The predicted octanol–water partition coefficient (Wildman–Crippen LogP) is 4.64. The lowest BCUT2D eigenvalue weighted by Gasteiger charge is -2.48. The van der Waals surface area contributed by atoms with E-state index < -0.39 is 24.8 Å². The topological polar surface area (TPSA) is 55.4 Å². The molecule has 0 aromatic heterocycles. The standard InChI is InChI=1S/C28H30O6/c1-29-28-26(31-18-21-13-7-3-8-14-21)25(30-17-20-11-5-2-6-12-20)24-23(33-28)19-32-27(34-24)22-15-9-4-10-16-22/h2-16,23-28H,17-19H2,1H3/t23?,24-,25-,26?,27?,28+/m1/s1. The molecule has 6 heteroatoms. The van der Waals surface area contributed by atoms with Crippen molar-refractivity contribution >= 4 is 0 Å². The monoisotopic (exact) mass is 462 g/mol. The third kappa shape index (κ3) is 5.39. The summed E-state index contributed by atoms with van der Waals surface area (Å²) >= 11 is 0. The Hall–Kier alpha value is -2.58. The minimum absolute atomic E-state index is 0.331. The Bertz CT molecular complexity index is 993. The minimum Gasteiger partial charge on any atom is -0.368 e. The van der Waals surface area contributed by atoms with Gasteiger partial charge in [-0.15, -0.1) is 0 Å². The van der Waals surface area contributed by atoms with Crippen molar-refractivity contribution < 1.29 is 28.4 Å². The molecule has 0 N–H and O–H groups in total. The number of hydrogen-bond acceptors (Lipinski definition) is 6. The number of ether oxygens (including phenoxy) is 6. The van der Waals surface area contributed by atoms with E-state index in [1.54, 1.807) is 7.11 Å². The number of fused-ring (bicyclic) bond motifs is 1. The van der Waals surface area contributed by atoms with Crippen LogP contribution in [-0.4, -0.2) is 44.4 Å². The lowest BCUT2D eigenvalue weighted by atomic mass is 9.97. The Morgan fingerprint density at radius 1 is 0.706 bits per heavy atom. The van der Waals surface area contributed by atoms with Gasteiger partial charge >= 0.3 is 0 Å². The third-order valence-electron chi connectivity index (χ3n) is 6.16. The van der Waals surface area contributed by atoms with Gasteiger partial charge in [-0.1, -0.05) is 91.0 Å². The molecule has 6 nitrogen and oxygen atoms in total. The van der Waals surface area contributed by atoms with E-state index in [2.05, 4.69) is 0 Å². The van der Waals surface area contributed by atoms with E-state index in [9.17, 15) is 0 Å². The maximum Gasteiger partial charge on any atom is 0.186 e. The van der Waals surface area contributed by atoms with Crippen LogP contribution in [0, 0.1) is 0 Å². The van der Waals surface area contributed by atoms with Crippen LogP contribution in [0.5, 0.6) is 0 Å². The fraction of sp³-hybridized carbons (Fsp3) is 0.357. The van der Waals surface area contributed by atoms with Crippen molar-refractivity contribution in [2.45, 2.75) is 50.2 Å². The zero-order chi connectivity index (χ0) is 23.2. The molecular formula is C28H30O6. The minimum atomic E-state index is -0.605. The average molecular weight is 463 g/mol. The van der Waals surface area contributed by atoms with E-state index in [0.717, 1.165) is 16.7 Å². The quantitative estimate of drug-likeness (QED) is 0.486. The van der Waals surface area contributed by atoms with Crippen LogP contribution in [-0.2, 0) is 41.6 Å². The zero-order valence-electron chi connectivity index (χ0n) is 19.2. The first-order valence-corrected chi connectivity index (χ1v) is 11.6. The molecule has 2 heterocycles. The van der Waals surface area contributed by atoms with Gasteiger partial charge in [0.15, 0.2) is 12.6 Å². The third-order valence-corrected chi connectivity index (χ3v) is 6.16. The van der Waals surface area contributed by atoms with Crippen LogP contribution in [0.1, 0.15) is 23.0 Å². The summed E-state index contributed by atoms with van der Waals surface area (Å²) in [6.07, 6.45) is -2.71. The largest absolute Gasteiger partial charge is 0.368 e. The van der Waals surface area contributed by atoms with E-state index in [4.69, 9.17) is 28.4 Å². The molecule has 0 aliphatic carbocycles. The van der Waals surface area contributed by atoms with Crippen LogP contribution in [0.4, 0.5) is 0 Å². The molecule has 5 rings (SSSR count). The SMILES string of the molecule is CO[C@H]1OC2COC(c3ccccc3)O[C@H]2[C@@H](OCc2ccccc2)C1OCc1ccccc1. The Labute approximate surface area is 200 Å². The van der Waals surface area contributed by atoms with Crippen LogP contribution in [0.15, 0.2) is 91.0 Å². The van der Waals surface area contributed by atoms with Crippen LogP contribution < -0.4 is 0 Å². The molecule has 0 spiro atoms. The highest BCUT2D eigenvalue weighted by atomic mass is 16.8. The lowest BCUT2D eigenvalue weighted by Crippen LogP contribution is -2.63. The van der Waals surface area contributed by atoms with Crippen molar-refractivity contribution in [1.29, 1.82) is 0 Å². The van der Waals surface area contributed by atoms with Crippen molar-refractivity contribution in [3.8, 4) is 0 Å². The number of hydrogen-bond donors (Lipinski definition) is 0. The first kappa shape index (κ1) is 23.2. The summed E-state index contributed by atoms with van der Waals surface area (Å²) in [4.78, 5) is 0. The molecule has 178 valence electrons. The maximum atomic E-state index is 6.49. The van der Waals surface area contributed by atoms with Crippen molar-refractivity contribution in [3.05, 3.63) is 108 Å². The van der Waals surface area contributed by atoms with Crippen LogP contribution in [0.3, 0.4) is 0 Å². The van der Waals surface area contributed by atoms with E-state index in [1.807, 2.05) is 91.0 Å². The number of rotatable bonds is 8. The molecule has 3 aromatic rings. The first-order chi connectivity index (χ1) is 16.8. The van der Waals surface area contributed by atoms with Crippen LogP contribution in [0.25, 0.3) is 0 Å². The van der Waals surface area contributed by atoms with E-state index >= 15 is 0 Å². The van der Waals surface area contributed by atoms with Crippen LogP contribution >= 0.6 is 0 Å². The summed E-state index contributed by atoms with van der Waals surface area (Å²) in [6.45, 7) is 1.22. The average Bonchev–Trinajstić information content (AvgIpc) is 2.91. The van der Waals surface area contributed by atoms with Crippen molar-refractivity contribution in [2.24, 2.45) is 0 Å². The number of methoxy groups -OCH3 is 1. The van der Waals surface area contributed by atoms with Gasteiger partial charge in [-0.05, 0) is 11.1 Å². The molecule has 6 atom stereocenters. The van der Waals surface area contributed by atoms with Gasteiger partial charge < -0.3 is 28.4 Å². The highest BCUT2D eigenvalue weighted by Crippen LogP contribution is 2.37. The van der Waals surface area contributed by atoms with Crippen LogP contribution in [0.2, 0.25) is 0 Å². The smallest absolute Gasteiger partial charge is 0.186 e. The summed E-state index contributed by atoms with van der Waals surface area (Å²) in [7, 11) is 1.62. The highest BCUT2D eigenvalue weighted by molar-refractivity contribution is 5.17. The molecule has 2 aliphatic rings. The normalized spacial score (nSPS) is 28.9. The Balaban J connectivity index is 1.39. The first-order valence-electron chi connectivity index (χ1n) is 11.6. The van der Waals surface area contributed by atoms with Gasteiger partial charge in [0.25, 0.3) is 0 Å². The summed E-state index contributed by atoms with van der Waals surface area (Å²) in [5.74, 6) is 0. The fourth-order valence-corrected chi connectivity index (χ4v) is 4.42. The van der Waals surface area contributed by atoms with Crippen molar-refractivity contribution in [2.75, 3.05) is 13.7 Å². The molecule has 2 aliphatic heterocycles. The predicted molar refractivity (Wildman–Crippen MR) is 126 cm³/mol. The van der Waals surface area contributed by atoms with E-state index in [0.29, 0.717) is 19.8 Å². The second kappa shape index (κ2) is 11.2. The number of benzene rings is 3. The van der Waals surface area contributed by atoms with E-state index in [1.165, 1.54) is 0 Å². The molecule has 3 unspecified atom stereocenters. The van der Waals surface area contributed by atoms with Gasteiger partial charge in [0, 0.05) is 12.7 Å². The Kier molecular flexibility index (Phi) is 7.65. The molecule has 0 bridgehead atoms. The van der Waals surface area contributed by atoms with Gasteiger partial charge in [-0.3, -0.25) is 0 Å². The highest BCUT2D eigenvalue weighted by Gasteiger charge is 2.51. The second-order valence-electron chi connectivity index (χ2n) is 8.48. The van der Waals surface area contributed by atoms with Gasteiger partial charge in [0.05, 0.1) is 19.8 Å². The maximum absolute atomic E-state index is 6.49. The molecule has 2 fully saturated rings. The second-order valence-corrected chi connectivity index (χ2v) is 8.48. The molecule has 0 saturated carbocycles. The van der Waals surface area contributed by atoms with Gasteiger partial charge in [0.2, 0.25) is 0 Å². The van der Waals surface area contributed by atoms with E-state index in [-0.39, 0.29) is 12.2 Å². The lowest BCUT2D eigenvalue weighted by molar-refractivity contribution is -0.369. The molecule has 2 saturated heterocycles. The molecule has 3 aromatic carbocycles. The summed E-state index contributed by atoms with van der Waals surface area (Å²) < 4.78 is 37.2. The Morgan fingerprint density at radius 3 is 1.85 bits per heavy atom. The summed E-state index contributed by atoms with van der Waals surface area (Å²) in [5.41, 5.74) is 3.10. The van der Waals surface area contributed by atoms with Crippen molar-refractivity contribution in [1.82, 2.24) is 0 Å². The molecular weight excluding hydrogens is 432 g/mol. The molecule has 34 heavy (non-hydrogen) atoms. The zero-order valence-corrected chi connectivity index (χ0v) is 19.2. The Morgan fingerprint density at radius 2 is 1.26 bits per heavy atom. The van der Waals surface area contributed by atoms with Crippen molar-refractivity contribution in [3.63, 3.8) is 0 Å². The van der Waals surface area contributed by atoms with Gasteiger partial charge in [0.1, 0.15) is 24.4 Å². The summed E-state index contributed by atoms with van der Waals surface area (Å²) in [5, 5.41) is 0. The van der Waals surface area contributed by atoms with Gasteiger partial charge in [-0.2, -0.15) is 0 Å². The fourth-order valence-electron chi connectivity index (χ4n) is 4.42.